The molecule has 0 aromatic carbocycles. The Bertz CT molecular complexity index is 442. The Labute approximate surface area is 114 Å². The third kappa shape index (κ3) is 2.97. The van der Waals surface area contributed by atoms with Crippen molar-refractivity contribution in [1.82, 2.24) is 14.7 Å². The number of hydrogen-bond acceptors (Lipinski definition) is 3. The molecule has 2 rings (SSSR count). The summed E-state index contributed by atoms with van der Waals surface area (Å²) in [7, 11) is 0. The molecule has 106 valence electrons. The van der Waals surface area contributed by atoms with Gasteiger partial charge < -0.3 is 10.0 Å². The Morgan fingerprint density at radius 2 is 2.32 bits per heavy atom. The van der Waals surface area contributed by atoms with E-state index < -0.39 is 0 Å². The summed E-state index contributed by atoms with van der Waals surface area (Å²) in [6.07, 6.45) is 2.63. The smallest absolute Gasteiger partial charge is 0.272 e. The maximum absolute atomic E-state index is 12.5. The SMILES string of the molecule is CCc1cc(C(=O)N2CCC(CCO)C2)n(CC)n1. The van der Waals surface area contributed by atoms with Crippen LogP contribution in [0.2, 0.25) is 0 Å². The molecule has 0 bridgehead atoms. The summed E-state index contributed by atoms with van der Waals surface area (Å²) in [5.41, 5.74) is 1.67. The maximum Gasteiger partial charge on any atom is 0.272 e. The van der Waals surface area contributed by atoms with Gasteiger partial charge in [0.15, 0.2) is 0 Å². The highest BCUT2D eigenvalue weighted by atomic mass is 16.3. The highest BCUT2D eigenvalue weighted by molar-refractivity contribution is 5.92. The monoisotopic (exact) mass is 265 g/mol. The molecule has 1 atom stereocenters. The molecule has 2 heterocycles. The van der Waals surface area contributed by atoms with Crippen LogP contribution in [0.1, 0.15) is 42.9 Å². The first kappa shape index (κ1) is 14.1. The van der Waals surface area contributed by atoms with Crippen molar-refractivity contribution in [2.24, 2.45) is 5.92 Å². The zero-order chi connectivity index (χ0) is 13.8. The molecule has 1 N–H and O–H groups in total. The fourth-order valence-corrected chi connectivity index (χ4v) is 2.65. The van der Waals surface area contributed by atoms with E-state index in [4.69, 9.17) is 5.11 Å². The summed E-state index contributed by atoms with van der Waals surface area (Å²) in [5.74, 6) is 0.520. The van der Waals surface area contributed by atoms with Crippen LogP contribution in [0.25, 0.3) is 0 Å². The van der Waals surface area contributed by atoms with Gasteiger partial charge in [-0.2, -0.15) is 5.10 Å². The van der Waals surface area contributed by atoms with Crippen LogP contribution in [0.4, 0.5) is 0 Å². The van der Waals surface area contributed by atoms with Gasteiger partial charge in [0.25, 0.3) is 5.91 Å². The van der Waals surface area contributed by atoms with Crippen LogP contribution in [0.3, 0.4) is 0 Å². The lowest BCUT2D eigenvalue weighted by Gasteiger charge is -2.16. The molecule has 0 radical (unpaired) electrons. The molecule has 19 heavy (non-hydrogen) atoms. The number of hydrogen-bond donors (Lipinski definition) is 1. The normalized spacial score (nSPS) is 19.1. The van der Waals surface area contributed by atoms with Crippen molar-refractivity contribution in [3.63, 3.8) is 0 Å². The van der Waals surface area contributed by atoms with Gasteiger partial charge in [0.2, 0.25) is 0 Å². The van der Waals surface area contributed by atoms with Gasteiger partial charge in [-0.05, 0) is 38.2 Å². The highest BCUT2D eigenvalue weighted by Crippen LogP contribution is 2.21. The van der Waals surface area contributed by atoms with Crippen LogP contribution in [0.5, 0.6) is 0 Å². The predicted octanol–water partition coefficient (Wildman–Crippen LogP) is 1.31. The molecular formula is C14H23N3O2. The number of rotatable bonds is 5. The van der Waals surface area contributed by atoms with E-state index in [1.807, 2.05) is 24.8 Å². The van der Waals surface area contributed by atoms with Gasteiger partial charge in [0.1, 0.15) is 5.69 Å². The number of amides is 1. The second-order valence-electron chi connectivity index (χ2n) is 5.11. The third-order valence-electron chi connectivity index (χ3n) is 3.82. The average molecular weight is 265 g/mol. The summed E-state index contributed by atoms with van der Waals surface area (Å²) in [4.78, 5) is 14.4. The molecule has 0 spiro atoms. The third-order valence-corrected chi connectivity index (χ3v) is 3.82. The van der Waals surface area contributed by atoms with Crippen LogP contribution in [0.15, 0.2) is 6.07 Å². The molecule has 1 aromatic rings. The van der Waals surface area contributed by atoms with E-state index in [1.165, 1.54) is 0 Å². The van der Waals surface area contributed by atoms with Gasteiger partial charge in [-0.3, -0.25) is 9.48 Å². The number of aromatic nitrogens is 2. The molecular weight excluding hydrogens is 242 g/mol. The summed E-state index contributed by atoms with van der Waals surface area (Å²) in [6.45, 7) is 6.52. The number of nitrogens with zero attached hydrogens (tertiary/aromatic N) is 3. The zero-order valence-corrected chi connectivity index (χ0v) is 11.8. The van der Waals surface area contributed by atoms with Crippen molar-refractivity contribution in [2.45, 2.75) is 39.7 Å². The number of likely N-dealkylation sites (tertiary alicyclic amines) is 1. The van der Waals surface area contributed by atoms with E-state index in [9.17, 15) is 4.79 Å². The molecule has 0 saturated carbocycles. The van der Waals surface area contributed by atoms with Crippen molar-refractivity contribution >= 4 is 5.91 Å². The maximum atomic E-state index is 12.5. The van der Waals surface area contributed by atoms with Crippen LogP contribution < -0.4 is 0 Å². The standard InChI is InChI=1S/C14H23N3O2/c1-3-12-9-13(17(4-2)15-12)14(19)16-7-5-11(10-16)6-8-18/h9,11,18H,3-8,10H2,1-2H3. The number of aliphatic hydroxyl groups excluding tert-OH is 1. The molecule has 0 aliphatic carbocycles. The van der Waals surface area contributed by atoms with Crippen molar-refractivity contribution < 1.29 is 9.90 Å². The van der Waals surface area contributed by atoms with Crippen molar-refractivity contribution in [2.75, 3.05) is 19.7 Å². The minimum Gasteiger partial charge on any atom is -0.396 e. The summed E-state index contributed by atoms with van der Waals surface area (Å²) in [6, 6.07) is 1.91. The second kappa shape index (κ2) is 6.19. The minimum atomic E-state index is 0.0782. The zero-order valence-electron chi connectivity index (χ0n) is 11.8. The lowest BCUT2D eigenvalue weighted by molar-refractivity contribution is 0.0772. The molecule has 1 aliphatic rings. The van der Waals surface area contributed by atoms with E-state index in [1.54, 1.807) is 4.68 Å². The fourth-order valence-electron chi connectivity index (χ4n) is 2.65. The predicted molar refractivity (Wildman–Crippen MR) is 73.0 cm³/mol. The van der Waals surface area contributed by atoms with Crippen LogP contribution >= 0.6 is 0 Å². The lowest BCUT2D eigenvalue weighted by Crippen LogP contribution is -2.30. The summed E-state index contributed by atoms with van der Waals surface area (Å²) in [5, 5.41) is 13.4. The molecule has 1 amide bonds. The molecule has 1 unspecified atom stereocenters. The molecule has 1 aromatic heterocycles. The molecule has 1 saturated heterocycles. The number of carbonyl (C=O) groups is 1. The van der Waals surface area contributed by atoms with Gasteiger partial charge >= 0.3 is 0 Å². The minimum absolute atomic E-state index is 0.0782. The Kier molecular flexibility index (Phi) is 4.58. The van der Waals surface area contributed by atoms with Crippen LogP contribution in [-0.4, -0.2) is 45.4 Å². The number of carbonyl (C=O) groups excluding carboxylic acids is 1. The van der Waals surface area contributed by atoms with Gasteiger partial charge in [-0.1, -0.05) is 6.92 Å². The first-order valence-electron chi connectivity index (χ1n) is 7.16. The summed E-state index contributed by atoms with van der Waals surface area (Å²) < 4.78 is 1.79. The van der Waals surface area contributed by atoms with Crippen molar-refractivity contribution in [3.05, 3.63) is 17.5 Å². The Hall–Kier alpha value is -1.36. The Morgan fingerprint density at radius 3 is 2.95 bits per heavy atom. The highest BCUT2D eigenvalue weighted by Gasteiger charge is 2.28. The fraction of sp³-hybridized carbons (Fsp3) is 0.714. The lowest BCUT2D eigenvalue weighted by atomic mass is 10.1. The number of aliphatic hydroxyl groups is 1. The largest absolute Gasteiger partial charge is 0.396 e. The van der Waals surface area contributed by atoms with E-state index in [0.717, 1.165) is 44.6 Å². The van der Waals surface area contributed by atoms with Gasteiger partial charge in [-0.25, -0.2) is 0 Å². The topological polar surface area (TPSA) is 58.4 Å². The van der Waals surface area contributed by atoms with Gasteiger partial charge in [-0.15, -0.1) is 0 Å². The molecule has 5 heteroatoms. The Morgan fingerprint density at radius 1 is 1.53 bits per heavy atom. The first-order valence-corrected chi connectivity index (χ1v) is 7.16. The van der Waals surface area contributed by atoms with Gasteiger partial charge in [0.05, 0.1) is 5.69 Å². The van der Waals surface area contributed by atoms with E-state index in [0.29, 0.717) is 11.6 Å². The summed E-state index contributed by atoms with van der Waals surface area (Å²) >= 11 is 0. The van der Waals surface area contributed by atoms with E-state index in [-0.39, 0.29) is 12.5 Å². The Balaban J connectivity index is 2.09. The first-order chi connectivity index (χ1) is 9.19. The van der Waals surface area contributed by atoms with Crippen LogP contribution in [-0.2, 0) is 13.0 Å². The van der Waals surface area contributed by atoms with E-state index in [2.05, 4.69) is 5.10 Å². The van der Waals surface area contributed by atoms with Crippen LogP contribution in [0, 0.1) is 5.92 Å². The van der Waals surface area contributed by atoms with Crippen molar-refractivity contribution in [1.29, 1.82) is 0 Å². The molecule has 5 nitrogen and oxygen atoms in total. The quantitative estimate of drug-likeness (QED) is 0.873. The second-order valence-corrected chi connectivity index (χ2v) is 5.11. The van der Waals surface area contributed by atoms with Crippen molar-refractivity contribution in [3.8, 4) is 0 Å². The van der Waals surface area contributed by atoms with E-state index >= 15 is 0 Å². The number of aryl methyl sites for hydroxylation is 2. The van der Waals surface area contributed by atoms with Gasteiger partial charge in [0, 0.05) is 26.2 Å². The average Bonchev–Trinajstić information content (AvgIpc) is 3.04. The molecule has 1 fully saturated rings. The molecule has 1 aliphatic heterocycles.